The van der Waals surface area contributed by atoms with Gasteiger partial charge in [0.05, 0.1) is 0 Å². The van der Waals surface area contributed by atoms with Gasteiger partial charge >= 0.3 is 0 Å². The van der Waals surface area contributed by atoms with Crippen molar-refractivity contribution in [3.05, 3.63) is 18.0 Å². The molecule has 0 saturated heterocycles. The maximum Gasteiger partial charge on any atom is 0.232 e. The van der Waals surface area contributed by atoms with Crippen LogP contribution in [0.2, 0.25) is 0 Å². The molecule has 0 aliphatic heterocycles. The molecule has 0 saturated carbocycles. The van der Waals surface area contributed by atoms with Crippen LogP contribution in [0.5, 0.6) is 0 Å². The van der Waals surface area contributed by atoms with Gasteiger partial charge in [-0.3, -0.25) is 9.69 Å². The standard InChI is InChI=1S/C20H35N3O/c1-5-8-11-12-17(4)23(19(24)14-10-7-3)20-21-15-18(16-22-20)13-9-6-2/h15-17H,5-14H2,1-4H3. The highest BCUT2D eigenvalue weighted by Crippen LogP contribution is 2.18. The Balaban J connectivity index is 2.84. The van der Waals surface area contributed by atoms with Crippen molar-refractivity contribution in [1.29, 1.82) is 0 Å². The molecule has 1 rings (SSSR count). The van der Waals surface area contributed by atoms with E-state index in [9.17, 15) is 4.79 Å². The van der Waals surface area contributed by atoms with Gasteiger partial charge in [-0.1, -0.05) is 52.9 Å². The zero-order chi connectivity index (χ0) is 17.8. The van der Waals surface area contributed by atoms with E-state index < -0.39 is 0 Å². The van der Waals surface area contributed by atoms with Crippen molar-refractivity contribution in [2.24, 2.45) is 0 Å². The molecule has 0 aliphatic rings. The monoisotopic (exact) mass is 333 g/mol. The summed E-state index contributed by atoms with van der Waals surface area (Å²) in [5.41, 5.74) is 1.15. The van der Waals surface area contributed by atoms with Crippen LogP contribution in [0.15, 0.2) is 12.4 Å². The van der Waals surface area contributed by atoms with Crippen molar-refractivity contribution in [2.75, 3.05) is 4.90 Å². The Kier molecular flexibility index (Phi) is 10.3. The van der Waals surface area contributed by atoms with Crippen molar-refractivity contribution >= 4 is 11.9 Å². The molecule has 0 aliphatic carbocycles. The van der Waals surface area contributed by atoms with Crippen LogP contribution in [-0.4, -0.2) is 21.9 Å². The molecule has 0 spiro atoms. The minimum Gasteiger partial charge on any atom is -0.278 e. The molecule has 1 heterocycles. The number of amides is 1. The van der Waals surface area contributed by atoms with E-state index in [1.54, 1.807) is 0 Å². The van der Waals surface area contributed by atoms with Crippen LogP contribution in [0.3, 0.4) is 0 Å². The van der Waals surface area contributed by atoms with E-state index in [1.807, 2.05) is 17.3 Å². The largest absolute Gasteiger partial charge is 0.278 e. The molecule has 4 heteroatoms. The third-order valence-corrected chi connectivity index (χ3v) is 4.41. The number of rotatable bonds is 12. The lowest BCUT2D eigenvalue weighted by molar-refractivity contribution is -0.119. The van der Waals surface area contributed by atoms with Crippen LogP contribution in [0.1, 0.15) is 91.0 Å². The molecule has 4 nitrogen and oxygen atoms in total. The van der Waals surface area contributed by atoms with Crippen molar-refractivity contribution in [3.63, 3.8) is 0 Å². The predicted molar refractivity (Wildman–Crippen MR) is 101 cm³/mol. The minimum absolute atomic E-state index is 0.155. The summed E-state index contributed by atoms with van der Waals surface area (Å²) in [6.07, 6.45) is 14.2. The second kappa shape index (κ2) is 12.0. The van der Waals surface area contributed by atoms with E-state index in [0.717, 1.165) is 50.5 Å². The first-order valence-electron chi connectivity index (χ1n) is 9.76. The molecule has 0 bridgehead atoms. The number of hydrogen-bond acceptors (Lipinski definition) is 3. The fraction of sp³-hybridized carbons (Fsp3) is 0.750. The summed E-state index contributed by atoms with van der Waals surface area (Å²) < 4.78 is 0. The number of unbranched alkanes of at least 4 members (excludes halogenated alkanes) is 4. The maximum absolute atomic E-state index is 12.7. The average molecular weight is 334 g/mol. The first-order valence-corrected chi connectivity index (χ1v) is 9.76. The molecule has 1 unspecified atom stereocenters. The van der Waals surface area contributed by atoms with E-state index in [2.05, 4.69) is 37.7 Å². The molecule has 1 atom stereocenters. The second-order valence-electron chi connectivity index (χ2n) is 6.71. The molecule has 1 amide bonds. The topological polar surface area (TPSA) is 46.1 Å². The molecule has 1 aromatic heterocycles. The number of anilines is 1. The summed E-state index contributed by atoms with van der Waals surface area (Å²) in [5, 5.41) is 0. The summed E-state index contributed by atoms with van der Waals surface area (Å²) in [4.78, 5) is 23.5. The summed E-state index contributed by atoms with van der Waals surface area (Å²) in [6.45, 7) is 8.61. The normalized spacial score (nSPS) is 12.2. The Morgan fingerprint density at radius 1 is 1.00 bits per heavy atom. The van der Waals surface area contributed by atoms with Gasteiger partial charge in [0.2, 0.25) is 11.9 Å². The molecular formula is C20H35N3O. The lowest BCUT2D eigenvalue weighted by Gasteiger charge is -2.27. The first kappa shape index (κ1) is 20.6. The second-order valence-corrected chi connectivity index (χ2v) is 6.71. The lowest BCUT2D eigenvalue weighted by Crippen LogP contribution is -2.40. The minimum atomic E-state index is 0.155. The summed E-state index contributed by atoms with van der Waals surface area (Å²) in [5.74, 6) is 0.725. The molecule has 136 valence electrons. The van der Waals surface area contributed by atoms with Gasteiger partial charge in [0.1, 0.15) is 0 Å². The van der Waals surface area contributed by atoms with Crippen LogP contribution < -0.4 is 4.90 Å². The summed E-state index contributed by atoms with van der Waals surface area (Å²) >= 11 is 0. The Morgan fingerprint density at radius 2 is 1.62 bits per heavy atom. The highest BCUT2D eigenvalue weighted by molar-refractivity contribution is 5.92. The summed E-state index contributed by atoms with van der Waals surface area (Å²) in [6, 6.07) is 0.155. The lowest BCUT2D eigenvalue weighted by atomic mass is 10.1. The van der Waals surface area contributed by atoms with Crippen molar-refractivity contribution < 1.29 is 4.79 Å². The number of aryl methyl sites for hydroxylation is 1. The molecular weight excluding hydrogens is 298 g/mol. The molecule has 0 fully saturated rings. The molecule has 0 aromatic carbocycles. The summed E-state index contributed by atoms with van der Waals surface area (Å²) in [7, 11) is 0. The van der Waals surface area contributed by atoms with Crippen molar-refractivity contribution in [2.45, 2.75) is 97.9 Å². The smallest absolute Gasteiger partial charge is 0.232 e. The number of carbonyl (C=O) groups excluding carboxylic acids is 1. The fourth-order valence-electron chi connectivity index (χ4n) is 2.80. The number of carbonyl (C=O) groups is 1. The van der Waals surface area contributed by atoms with E-state index >= 15 is 0 Å². The Morgan fingerprint density at radius 3 is 2.21 bits per heavy atom. The first-order chi connectivity index (χ1) is 11.6. The van der Waals surface area contributed by atoms with E-state index in [4.69, 9.17) is 0 Å². The zero-order valence-corrected chi connectivity index (χ0v) is 16.1. The number of hydrogen-bond donors (Lipinski definition) is 0. The molecule has 24 heavy (non-hydrogen) atoms. The maximum atomic E-state index is 12.7. The van der Waals surface area contributed by atoms with Gasteiger partial charge in [-0.25, -0.2) is 9.97 Å². The Hall–Kier alpha value is -1.45. The highest BCUT2D eigenvalue weighted by atomic mass is 16.2. The zero-order valence-electron chi connectivity index (χ0n) is 16.1. The van der Waals surface area contributed by atoms with Crippen LogP contribution in [-0.2, 0) is 11.2 Å². The van der Waals surface area contributed by atoms with Crippen LogP contribution in [0.25, 0.3) is 0 Å². The molecule has 0 N–H and O–H groups in total. The third-order valence-electron chi connectivity index (χ3n) is 4.41. The highest BCUT2D eigenvalue weighted by Gasteiger charge is 2.23. The van der Waals surface area contributed by atoms with Crippen LogP contribution in [0, 0.1) is 0 Å². The van der Waals surface area contributed by atoms with Gasteiger partial charge in [-0.15, -0.1) is 0 Å². The quantitative estimate of drug-likeness (QED) is 0.487. The average Bonchev–Trinajstić information content (AvgIpc) is 2.59. The predicted octanol–water partition coefficient (Wildman–Crippen LogP) is 5.31. The van der Waals surface area contributed by atoms with Gasteiger partial charge < -0.3 is 0 Å². The fourth-order valence-corrected chi connectivity index (χ4v) is 2.80. The van der Waals surface area contributed by atoms with Crippen molar-refractivity contribution in [3.8, 4) is 0 Å². The Labute approximate surface area is 148 Å². The Bertz CT molecular complexity index is 458. The van der Waals surface area contributed by atoms with Crippen LogP contribution >= 0.6 is 0 Å². The van der Waals surface area contributed by atoms with Gasteiger partial charge in [-0.05, 0) is 38.2 Å². The van der Waals surface area contributed by atoms with E-state index in [0.29, 0.717) is 12.4 Å². The van der Waals surface area contributed by atoms with Gasteiger partial charge in [-0.2, -0.15) is 0 Å². The SMILES string of the molecule is CCCCCC(C)N(C(=O)CCCC)c1ncc(CCCC)cn1. The van der Waals surface area contributed by atoms with Gasteiger partial charge in [0.15, 0.2) is 0 Å². The third kappa shape index (κ3) is 6.98. The van der Waals surface area contributed by atoms with Gasteiger partial charge in [0, 0.05) is 24.9 Å². The number of nitrogens with zero attached hydrogens (tertiary/aromatic N) is 3. The van der Waals surface area contributed by atoms with E-state index in [1.165, 1.54) is 12.8 Å². The van der Waals surface area contributed by atoms with Gasteiger partial charge in [0.25, 0.3) is 0 Å². The van der Waals surface area contributed by atoms with Crippen LogP contribution in [0.4, 0.5) is 5.95 Å². The van der Waals surface area contributed by atoms with E-state index in [-0.39, 0.29) is 11.9 Å². The molecule has 0 radical (unpaired) electrons. The molecule has 1 aromatic rings. The van der Waals surface area contributed by atoms with Crippen molar-refractivity contribution in [1.82, 2.24) is 9.97 Å². The number of aromatic nitrogens is 2.